The van der Waals surface area contributed by atoms with E-state index in [0.29, 0.717) is 11.7 Å². The Labute approximate surface area is 139 Å². The second-order valence-corrected chi connectivity index (χ2v) is 6.48. The molecule has 0 fully saturated rings. The van der Waals surface area contributed by atoms with E-state index in [-0.39, 0.29) is 17.9 Å². The Balaban J connectivity index is 1.84. The van der Waals surface area contributed by atoms with Crippen LogP contribution in [0, 0.1) is 6.92 Å². The molecule has 7 heteroatoms. The number of aromatic nitrogens is 3. The number of nitrogens with one attached hydrogen (secondary N) is 1. The van der Waals surface area contributed by atoms with Crippen LogP contribution in [0.2, 0.25) is 0 Å². The lowest BCUT2D eigenvalue weighted by molar-refractivity contribution is -0.116. The van der Waals surface area contributed by atoms with Crippen molar-refractivity contribution in [3.63, 3.8) is 0 Å². The first-order valence-corrected chi connectivity index (χ1v) is 8.70. The van der Waals surface area contributed by atoms with Crippen LogP contribution in [0.15, 0.2) is 23.0 Å². The van der Waals surface area contributed by atoms with Gasteiger partial charge in [0.25, 0.3) is 5.56 Å². The van der Waals surface area contributed by atoms with Crippen molar-refractivity contribution in [3.05, 3.63) is 39.3 Å². The summed E-state index contributed by atoms with van der Waals surface area (Å²) in [6.45, 7) is 4.37. The molecular formula is C16H22N4O2S. The van der Waals surface area contributed by atoms with Crippen molar-refractivity contribution < 1.29 is 4.79 Å². The van der Waals surface area contributed by atoms with Gasteiger partial charge in [0.2, 0.25) is 11.0 Å². The average Bonchev–Trinajstić information content (AvgIpc) is 2.94. The van der Waals surface area contributed by atoms with Crippen molar-refractivity contribution in [2.45, 2.75) is 52.5 Å². The second kappa shape index (κ2) is 8.57. The lowest BCUT2D eigenvalue weighted by Gasteiger charge is -2.08. The van der Waals surface area contributed by atoms with Crippen LogP contribution >= 0.6 is 11.3 Å². The molecule has 2 rings (SSSR count). The van der Waals surface area contributed by atoms with Crippen LogP contribution in [0.4, 0.5) is 5.13 Å². The monoisotopic (exact) mass is 334 g/mol. The topological polar surface area (TPSA) is 76.9 Å². The maximum absolute atomic E-state index is 12.0. The molecule has 0 aliphatic rings. The van der Waals surface area contributed by atoms with Gasteiger partial charge >= 0.3 is 0 Å². The van der Waals surface area contributed by atoms with E-state index < -0.39 is 0 Å². The molecule has 0 aliphatic carbocycles. The maximum atomic E-state index is 12.0. The van der Waals surface area contributed by atoms with E-state index in [1.165, 1.54) is 30.2 Å². The van der Waals surface area contributed by atoms with E-state index in [2.05, 4.69) is 22.4 Å². The van der Waals surface area contributed by atoms with Gasteiger partial charge in [-0.3, -0.25) is 9.59 Å². The molecule has 1 amide bonds. The lowest BCUT2D eigenvalue weighted by atomic mass is 10.2. The van der Waals surface area contributed by atoms with Crippen molar-refractivity contribution in [2.24, 2.45) is 0 Å². The molecule has 23 heavy (non-hydrogen) atoms. The zero-order valence-corrected chi connectivity index (χ0v) is 14.4. The fourth-order valence-corrected chi connectivity index (χ4v) is 3.03. The third kappa shape index (κ3) is 5.28. The Kier molecular flexibility index (Phi) is 6.46. The first-order valence-electron chi connectivity index (χ1n) is 7.89. The van der Waals surface area contributed by atoms with Gasteiger partial charge in [-0.15, -0.1) is 10.2 Å². The number of rotatable bonds is 8. The molecule has 0 atom stereocenters. The van der Waals surface area contributed by atoms with Crippen LogP contribution in [-0.4, -0.2) is 20.7 Å². The minimum Gasteiger partial charge on any atom is -0.312 e. The van der Waals surface area contributed by atoms with E-state index in [4.69, 9.17) is 0 Å². The molecule has 0 saturated carbocycles. The number of anilines is 1. The molecule has 0 bridgehead atoms. The largest absolute Gasteiger partial charge is 0.312 e. The molecule has 6 nitrogen and oxygen atoms in total. The molecule has 0 saturated heterocycles. The van der Waals surface area contributed by atoms with E-state index in [1.807, 2.05) is 13.0 Å². The molecule has 124 valence electrons. The number of unbranched alkanes of at least 4 members (excludes halogenated alkanes) is 2. The Morgan fingerprint density at radius 1 is 1.30 bits per heavy atom. The number of nitrogens with zero attached hydrogens (tertiary/aromatic N) is 3. The zero-order valence-electron chi connectivity index (χ0n) is 13.5. The number of aryl methyl sites for hydroxylation is 2. The maximum Gasteiger partial charge on any atom is 0.250 e. The number of carbonyl (C=O) groups excluding carboxylic acids is 1. The Hall–Kier alpha value is -2.02. The predicted octanol–water partition coefficient (Wildman–Crippen LogP) is 2.77. The summed E-state index contributed by atoms with van der Waals surface area (Å²) in [5, 5.41) is 12.3. The summed E-state index contributed by atoms with van der Waals surface area (Å²) in [4.78, 5) is 23.7. The first-order chi connectivity index (χ1) is 11.1. The number of hydrogen-bond donors (Lipinski definition) is 1. The van der Waals surface area contributed by atoms with Gasteiger partial charge in [-0.25, -0.2) is 0 Å². The van der Waals surface area contributed by atoms with E-state index >= 15 is 0 Å². The number of pyridine rings is 1. The molecule has 2 aromatic heterocycles. The Morgan fingerprint density at radius 3 is 2.87 bits per heavy atom. The van der Waals surface area contributed by atoms with Gasteiger partial charge < -0.3 is 9.88 Å². The van der Waals surface area contributed by atoms with Crippen LogP contribution in [0.1, 0.15) is 43.3 Å². The van der Waals surface area contributed by atoms with Gasteiger partial charge in [0.15, 0.2) is 0 Å². The summed E-state index contributed by atoms with van der Waals surface area (Å²) in [6.07, 6.45) is 4.57. The highest BCUT2D eigenvalue weighted by Crippen LogP contribution is 2.17. The molecule has 0 unspecified atom stereocenters. The predicted molar refractivity (Wildman–Crippen MR) is 91.8 cm³/mol. The minimum absolute atomic E-state index is 0.0908. The Bertz CT molecular complexity index is 708. The highest BCUT2D eigenvalue weighted by Gasteiger charge is 2.09. The lowest BCUT2D eigenvalue weighted by Crippen LogP contribution is -2.24. The van der Waals surface area contributed by atoms with Crippen LogP contribution in [0.3, 0.4) is 0 Å². The van der Waals surface area contributed by atoms with Crippen LogP contribution in [-0.2, 0) is 17.8 Å². The highest BCUT2D eigenvalue weighted by molar-refractivity contribution is 7.15. The van der Waals surface area contributed by atoms with Crippen molar-refractivity contribution in [3.8, 4) is 0 Å². The summed E-state index contributed by atoms with van der Waals surface area (Å²) >= 11 is 1.42. The highest BCUT2D eigenvalue weighted by atomic mass is 32.1. The van der Waals surface area contributed by atoms with E-state index in [0.717, 1.165) is 23.5 Å². The van der Waals surface area contributed by atoms with E-state index in [1.54, 1.807) is 10.6 Å². The van der Waals surface area contributed by atoms with Crippen LogP contribution in [0.5, 0.6) is 0 Å². The molecular weight excluding hydrogens is 312 g/mol. The SMILES string of the molecule is CCCCCc1nnc(NC(=O)CCn2c(C)cccc2=O)s1. The third-order valence-electron chi connectivity index (χ3n) is 3.54. The number of hydrogen-bond acceptors (Lipinski definition) is 5. The molecule has 0 aliphatic heterocycles. The number of carbonyl (C=O) groups is 1. The van der Waals surface area contributed by atoms with Crippen molar-refractivity contribution >= 4 is 22.4 Å². The molecule has 2 aromatic rings. The first kappa shape index (κ1) is 17.3. The summed E-state index contributed by atoms with van der Waals surface area (Å²) in [7, 11) is 0. The molecule has 0 aromatic carbocycles. The smallest absolute Gasteiger partial charge is 0.250 e. The summed E-state index contributed by atoms with van der Waals surface area (Å²) in [6, 6.07) is 5.07. The summed E-state index contributed by atoms with van der Waals surface area (Å²) in [5.41, 5.74) is 0.756. The standard InChI is InChI=1S/C16H22N4O2S/c1-3-4-5-8-14-18-19-16(23-14)17-13(21)10-11-20-12(2)7-6-9-15(20)22/h6-7,9H,3-5,8,10-11H2,1-2H3,(H,17,19,21). The average molecular weight is 334 g/mol. The minimum atomic E-state index is -0.156. The van der Waals surface area contributed by atoms with Gasteiger partial charge in [0.05, 0.1) is 0 Å². The molecule has 0 radical (unpaired) electrons. The van der Waals surface area contributed by atoms with Crippen LogP contribution < -0.4 is 10.9 Å². The van der Waals surface area contributed by atoms with Gasteiger partial charge in [0, 0.05) is 31.1 Å². The quantitative estimate of drug-likeness (QED) is 0.753. The third-order valence-corrected chi connectivity index (χ3v) is 4.44. The normalized spacial score (nSPS) is 10.7. The molecule has 1 N–H and O–H groups in total. The fourth-order valence-electron chi connectivity index (χ4n) is 2.24. The van der Waals surface area contributed by atoms with Crippen molar-refractivity contribution in [1.82, 2.24) is 14.8 Å². The van der Waals surface area contributed by atoms with Gasteiger partial charge in [-0.1, -0.05) is 37.2 Å². The zero-order chi connectivity index (χ0) is 16.7. The van der Waals surface area contributed by atoms with Crippen molar-refractivity contribution in [2.75, 3.05) is 5.32 Å². The molecule has 2 heterocycles. The van der Waals surface area contributed by atoms with Crippen LogP contribution in [0.25, 0.3) is 0 Å². The number of amides is 1. The Morgan fingerprint density at radius 2 is 2.13 bits per heavy atom. The van der Waals surface area contributed by atoms with Gasteiger partial charge in [-0.05, 0) is 19.4 Å². The summed E-state index contributed by atoms with van der Waals surface area (Å²) < 4.78 is 1.59. The van der Waals surface area contributed by atoms with Gasteiger partial charge in [0.1, 0.15) is 5.01 Å². The van der Waals surface area contributed by atoms with Gasteiger partial charge in [-0.2, -0.15) is 0 Å². The fraction of sp³-hybridized carbons (Fsp3) is 0.500. The second-order valence-electron chi connectivity index (χ2n) is 5.41. The van der Waals surface area contributed by atoms with Crippen molar-refractivity contribution in [1.29, 1.82) is 0 Å². The van der Waals surface area contributed by atoms with E-state index in [9.17, 15) is 9.59 Å². The molecule has 0 spiro atoms. The summed E-state index contributed by atoms with van der Waals surface area (Å²) in [5.74, 6) is -0.156.